The molecule has 90 valence electrons. The Balaban J connectivity index is 2.37. The Morgan fingerprint density at radius 3 is 2.31 bits per heavy atom. The molecule has 1 nitrogen and oxygen atoms in total. The minimum atomic E-state index is 0.402. The van der Waals surface area contributed by atoms with E-state index in [1.165, 1.54) is 16.9 Å². The smallest absolute Gasteiger partial charge is 0.0205 e. The molecule has 0 atom stereocenters. The van der Waals surface area contributed by atoms with Gasteiger partial charge >= 0.3 is 0 Å². The lowest BCUT2D eigenvalue weighted by Gasteiger charge is -2.23. The third-order valence-electron chi connectivity index (χ3n) is 3.05. The lowest BCUT2D eigenvalue weighted by molar-refractivity contribution is 0.327. The summed E-state index contributed by atoms with van der Waals surface area (Å²) >= 11 is 1.79. The quantitative estimate of drug-likeness (QED) is 0.752. The predicted octanol–water partition coefficient (Wildman–Crippen LogP) is 3.93. The molecule has 0 radical (unpaired) electrons. The first-order valence-electron chi connectivity index (χ1n) is 5.91. The summed E-state index contributed by atoms with van der Waals surface area (Å²) in [5, 5.41) is 3.52. The van der Waals surface area contributed by atoms with Crippen LogP contribution in [0.4, 0.5) is 0 Å². The van der Waals surface area contributed by atoms with Crippen LogP contribution in [0.3, 0.4) is 0 Å². The second kappa shape index (κ2) is 6.31. The summed E-state index contributed by atoms with van der Waals surface area (Å²) in [5.74, 6) is 0. The van der Waals surface area contributed by atoms with Crippen molar-refractivity contribution < 1.29 is 0 Å². The number of nitrogens with one attached hydrogen (secondary N) is 1. The van der Waals surface area contributed by atoms with Gasteiger partial charge in [0.15, 0.2) is 0 Å². The van der Waals surface area contributed by atoms with Crippen LogP contribution in [0.2, 0.25) is 0 Å². The maximum absolute atomic E-state index is 3.52. The van der Waals surface area contributed by atoms with E-state index in [2.05, 4.69) is 56.6 Å². The molecule has 0 unspecified atom stereocenters. The molecule has 0 amide bonds. The molecule has 1 aromatic rings. The highest BCUT2D eigenvalue weighted by Crippen LogP contribution is 2.18. The number of benzene rings is 1. The second-order valence-corrected chi connectivity index (χ2v) is 5.85. The van der Waals surface area contributed by atoms with Gasteiger partial charge in [0, 0.05) is 18.0 Å². The van der Waals surface area contributed by atoms with Crippen molar-refractivity contribution in [3.05, 3.63) is 29.8 Å². The highest BCUT2D eigenvalue weighted by Gasteiger charge is 2.13. The Hall–Kier alpha value is -0.470. The third kappa shape index (κ3) is 4.58. The summed E-state index contributed by atoms with van der Waals surface area (Å²) < 4.78 is 0. The van der Waals surface area contributed by atoms with Crippen molar-refractivity contribution in [3.63, 3.8) is 0 Å². The predicted molar refractivity (Wildman–Crippen MR) is 74.0 cm³/mol. The maximum Gasteiger partial charge on any atom is 0.0205 e. The van der Waals surface area contributed by atoms with Gasteiger partial charge < -0.3 is 5.32 Å². The summed E-state index contributed by atoms with van der Waals surface area (Å²) in [6, 6.07) is 8.79. The van der Waals surface area contributed by atoms with Crippen LogP contribution in [0, 0.1) is 5.41 Å². The summed E-state index contributed by atoms with van der Waals surface area (Å²) in [6.07, 6.45) is 3.32. The van der Waals surface area contributed by atoms with Crippen LogP contribution in [0.25, 0.3) is 0 Å². The van der Waals surface area contributed by atoms with E-state index in [1.54, 1.807) is 11.8 Å². The van der Waals surface area contributed by atoms with Crippen molar-refractivity contribution in [1.29, 1.82) is 0 Å². The molecule has 0 spiro atoms. The van der Waals surface area contributed by atoms with Crippen molar-refractivity contribution in [2.24, 2.45) is 5.41 Å². The largest absolute Gasteiger partial charge is 0.312 e. The summed E-state index contributed by atoms with van der Waals surface area (Å²) in [7, 11) is 0. The minimum Gasteiger partial charge on any atom is -0.312 e. The minimum absolute atomic E-state index is 0.402. The van der Waals surface area contributed by atoms with Gasteiger partial charge in [0.05, 0.1) is 0 Å². The van der Waals surface area contributed by atoms with Gasteiger partial charge in [-0.05, 0) is 35.8 Å². The topological polar surface area (TPSA) is 12.0 Å². The molecule has 0 bridgehead atoms. The van der Waals surface area contributed by atoms with Crippen LogP contribution in [0.5, 0.6) is 0 Å². The first kappa shape index (κ1) is 13.6. The van der Waals surface area contributed by atoms with Crippen LogP contribution in [0.1, 0.15) is 32.8 Å². The van der Waals surface area contributed by atoms with Gasteiger partial charge in [-0.3, -0.25) is 0 Å². The molecule has 2 heteroatoms. The number of thioether (sulfide) groups is 1. The first-order valence-corrected chi connectivity index (χ1v) is 7.13. The lowest BCUT2D eigenvalue weighted by Crippen LogP contribution is -2.28. The molecular formula is C14H23NS. The molecule has 1 rings (SSSR count). The van der Waals surface area contributed by atoms with Crippen molar-refractivity contribution in [3.8, 4) is 0 Å². The molecule has 0 fully saturated rings. The third-order valence-corrected chi connectivity index (χ3v) is 3.79. The SMILES string of the molecule is CCC(C)(C)CNCc1ccc(SC)cc1. The van der Waals surface area contributed by atoms with Crippen molar-refractivity contribution in [2.45, 2.75) is 38.6 Å². The zero-order chi connectivity index (χ0) is 12.0. The Morgan fingerprint density at radius 2 is 1.81 bits per heavy atom. The van der Waals surface area contributed by atoms with Crippen LogP contribution in [-0.2, 0) is 6.54 Å². The zero-order valence-corrected chi connectivity index (χ0v) is 11.7. The highest BCUT2D eigenvalue weighted by molar-refractivity contribution is 7.98. The normalized spacial score (nSPS) is 11.8. The average Bonchev–Trinajstić information content (AvgIpc) is 2.30. The second-order valence-electron chi connectivity index (χ2n) is 4.97. The molecule has 0 aliphatic heterocycles. The molecule has 1 N–H and O–H groups in total. The molecule has 0 aliphatic rings. The van der Waals surface area contributed by atoms with Crippen molar-refractivity contribution in [2.75, 3.05) is 12.8 Å². The molecular weight excluding hydrogens is 214 g/mol. The van der Waals surface area contributed by atoms with E-state index in [-0.39, 0.29) is 0 Å². The van der Waals surface area contributed by atoms with Crippen LogP contribution in [-0.4, -0.2) is 12.8 Å². The van der Waals surface area contributed by atoms with Gasteiger partial charge in [-0.15, -0.1) is 11.8 Å². The van der Waals surface area contributed by atoms with E-state index in [1.807, 2.05) is 0 Å². The van der Waals surface area contributed by atoms with E-state index in [0.717, 1.165) is 13.1 Å². The van der Waals surface area contributed by atoms with E-state index in [0.29, 0.717) is 5.41 Å². The van der Waals surface area contributed by atoms with Gasteiger partial charge in [0.2, 0.25) is 0 Å². The summed E-state index contributed by atoms with van der Waals surface area (Å²) in [5.41, 5.74) is 1.77. The highest BCUT2D eigenvalue weighted by atomic mass is 32.2. The molecule has 0 saturated heterocycles. The lowest BCUT2D eigenvalue weighted by atomic mass is 9.90. The van der Waals surface area contributed by atoms with E-state index >= 15 is 0 Å². The first-order chi connectivity index (χ1) is 7.57. The Morgan fingerprint density at radius 1 is 1.19 bits per heavy atom. The Labute approximate surface area is 104 Å². The van der Waals surface area contributed by atoms with Gasteiger partial charge in [0.25, 0.3) is 0 Å². The van der Waals surface area contributed by atoms with Crippen molar-refractivity contribution >= 4 is 11.8 Å². The fraction of sp³-hybridized carbons (Fsp3) is 0.571. The molecule has 0 aliphatic carbocycles. The average molecular weight is 237 g/mol. The van der Waals surface area contributed by atoms with Gasteiger partial charge in [0.1, 0.15) is 0 Å². The van der Waals surface area contributed by atoms with E-state index in [4.69, 9.17) is 0 Å². The maximum atomic E-state index is 3.52. The van der Waals surface area contributed by atoms with Crippen LogP contribution >= 0.6 is 11.8 Å². The fourth-order valence-electron chi connectivity index (χ4n) is 1.41. The fourth-order valence-corrected chi connectivity index (χ4v) is 1.82. The molecule has 1 aromatic carbocycles. The van der Waals surface area contributed by atoms with Crippen molar-refractivity contribution in [1.82, 2.24) is 5.32 Å². The Bertz CT molecular complexity index is 303. The zero-order valence-electron chi connectivity index (χ0n) is 10.8. The Kier molecular flexibility index (Phi) is 5.36. The standard InChI is InChI=1S/C14H23NS/c1-5-14(2,3)11-15-10-12-6-8-13(16-4)9-7-12/h6-9,15H,5,10-11H2,1-4H3. The van der Waals surface area contributed by atoms with Crippen LogP contribution < -0.4 is 5.32 Å². The number of rotatable bonds is 6. The van der Waals surface area contributed by atoms with Gasteiger partial charge in [-0.25, -0.2) is 0 Å². The summed E-state index contributed by atoms with van der Waals surface area (Å²) in [6.45, 7) is 8.90. The summed E-state index contributed by atoms with van der Waals surface area (Å²) in [4.78, 5) is 1.33. The van der Waals surface area contributed by atoms with E-state index < -0.39 is 0 Å². The van der Waals surface area contributed by atoms with Gasteiger partial charge in [-0.1, -0.05) is 32.9 Å². The number of hydrogen-bond acceptors (Lipinski definition) is 2. The molecule has 0 saturated carbocycles. The molecule has 0 aromatic heterocycles. The molecule has 0 heterocycles. The number of hydrogen-bond donors (Lipinski definition) is 1. The van der Waals surface area contributed by atoms with Gasteiger partial charge in [-0.2, -0.15) is 0 Å². The van der Waals surface area contributed by atoms with E-state index in [9.17, 15) is 0 Å². The molecule has 16 heavy (non-hydrogen) atoms. The monoisotopic (exact) mass is 237 g/mol. The van der Waals surface area contributed by atoms with Crippen LogP contribution in [0.15, 0.2) is 29.2 Å².